The molecule has 6 heteroatoms. The van der Waals surface area contributed by atoms with Gasteiger partial charge in [-0.3, -0.25) is 0 Å². The number of nitrogens with two attached hydrogens (primary N) is 2. The number of nitrogen functional groups attached to an aromatic ring is 2. The summed E-state index contributed by atoms with van der Waals surface area (Å²) in [5, 5.41) is 9.07. The van der Waals surface area contributed by atoms with Crippen molar-refractivity contribution < 1.29 is 4.39 Å². The second kappa shape index (κ2) is 4.30. The second-order valence-electron chi connectivity index (χ2n) is 3.71. The van der Waals surface area contributed by atoms with Gasteiger partial charge in [0.15, 0.2) is 0 Å². The molecule has 0 saturated carbocycles. The van der Waals surface area contributed by atoms with Gasteiger partial charge in [0.1, 0.15) is 23.3 Å². The number of hydrogen-bond acceptors (Lipinski definition) is 5. The largest absolute Gasteiger partial charge is 0.382 e. The number of aromatic nitrogens is 2. The first kappa shape index (κ1) is 11.8. The van der Waals surface area contributed by atoms with Gasteiger partial charge >= 0.3 is 0 Å². The van der Waals surface area contributed by atoms with Crippen LogP contribution >= 0.6 is 0 Å². The molecule has 0 amide bonds. The van der Waals surface area contributed by atoms with Crippen LogP contribution < -0.4 is 11.5 Å². The van der Waals surface area contributed by atoms with Gasteiger partial charge in [0.2, 0.25) is 5.95 Å². The van der Waals surface area contributed by atoms with Crippen molar-refractivity contribution in [3.05, 3.63) is 35.1 Å². The maximum absolute atomic E-state index is 13.5. The highest BCUT2D eigenvalue weighted by atomic mass is 19.1. The van der Waals surface area contributed by atoms with Gasteiger partial charge < -0.3 is 11.5 Å². The molecule has 2 rings (SSSR count). The zero-order chi connectivity index (χ0) is 13.3. The highest BCUT2D eigenvalue weighted by Gasteiger charge is 2.16. The van der Waals surface area contributed by atoms with Gasteiger partial charge in [0, 0.05) is 5.56 Å². The SMILES string of the molecule is Cc1c(F)cccc1-c1nc(N)nc(N)c1C#N. The molecule has 1 aromatic carbocycles. The molecule has 2 aromatic rings. The van der Waals surface area contributed by atoms with Crippen molar-refractivity contribution >= 4 is 11.8 Å². The van der Waals surface area contributed by atoms with Crippen molar-refractivity contribution in [3.8, 4) is 17.3 Å². The van der Waals surface area contributed by atoms with Crippen LogP contribution in [0.3, 0.4) is 0 Å². The normalized spacial score (nSPS) is 10.1. The average molecular weight is 243 g/mol. The summed E-state index contributed by atoms with van der Waals surface area (Å²) in [5.41, 5.74) is 12.3. The molecule has 0 aliphatic rings. The molecular weight excluding hydrogens is 233 g/mol. The minimum atomic E-state index is -0.382. The standard InChI is InChI=1S/C12H10FN5/c1-6-7(3-2-4-9(6)13)10-8(5-14)11(15)18-12(16)17-10/h2-4H,1H3,(H4,15,16,17,18). The lowest BCUT2D eigenvalue weighted by Gasteiger charge is -2.09. The predicted molar refractivity (Wildman–Crippen MR) is 65.7 cm³/mol. The zero-order valence-corrected chi connectivity index (χ0v) is 9.61. The molecule has 0 atom stereocenters. The summed E-state index contributed by atoms with van der Waals surface area (Å²) >= 11 is 0. The molecule has 0 aliphatic carbocycles. The molecule has 0 aliphatic heterocycles. The topological polar surface area (TPSA) is 102 Å². The minimum absolute atomic E-state index is 0.0105. The van der Waals surface area contributed by atoms with Gasteiger partial charge in [0.05, 0.1) is 5.69 Å². The first-order valence-corrected chi connectivity index (χ1v) is 5.13. The smallest absolute Gasteiger partial charge is 0.222 e. The van der Waals surface area contributed by atoms with E-state index >= 15 is 0 Å². The van der Waals surface area contributed by atoms with Crippen molar-refractivity contribution in [1.82, 2.24) is 9.97 Å². The van der Waals surface area contributed by atoms with Crippen LogP contribution in [0.2, 0.25) is 0 Å². The third kappa shape index (κ3) is 1.82. The van der Waals surface area contributed by atoms with E-state index in [2.05, 4.69) is 9.97 Å². The molecule has 0 spiro atoms. The molecule has 0 bridgehead atoms. The maximum Gasteiger partial charge on any atom is 0.222 e. The van der Waals surface area contributed by atoms with Crippen molar-refractivity contribution in [2.45, 2.75) is 6.92 Å². The molecule has 0 saturated heterocycles. The molecule has 0 fully saturated rings. The van der Waals surface area contributed by atoms with Crippen LogP contribution in [0.4, 0.5) is 16.2 Å². The number of halogens is 1. The Kier molecular flexibility index (Phi) is 2.81. The summed E-state index contributed by atoms with van der Waals surface area (Å²) in [6.45, 7) is 1.60. The van der Waals surface area contributed by atoms with Crippen molar-refractivity contribution in [2.24, 2.45) is 0 Å². The first-order valence-electron chi connectivity index (χ1n) is 5.13. The predicted octanol–water partition coefficient (Wildman–Crippen LogP) is 1.63. The van der Waals surface area contributed by atoms with Crippen LogP contribution in [-0.2, 0) is 0 Å². The highest BCUT2D eigenvalue weighted by Crippen LogP contribution is 2.28. The summed E-state index contributed by atoms with van der Waals surface area (Å²) < 4.78 is 13.5. The number of nitrogens with zero attached hydrogens (tertiary/aromatic N) is 3. The van der Waals surface area contributed by atoms with E-state index in [1.807, 2.05) is 6.07 Å². The Morgan fingerprint density at radius 2 is 2.00 bits per heavy atom. The van der Waals surface area contributed by atoms with E-state index in [1.54, 1.807) is 13.0 Å². The van der Waals surface area contributed by atoms with E-state index in [-0.39, 0.29) is 28.8 Å². The fourth-order valence-corrected chi connectivity index (χ4v) is 1.67. The van der Waals surface area contributed by atoms with Gasteiger partial charge in [-0.05, 0) is 18.6 Å². The van der Waals surface area contributed by atoms with Gasteiger partial charge in [-0.15, -0.1) is 0 Å². The molecule has 1 aromatic heterocycles. The lowest BCUT2D eigenvalue weighted by molar-refractivity contribution is 0.619. The number of nitriles is 1. The van der Waals surface area contributed by atoms with Crippen LogP contribution in [-0.4, -0.2) is 9.97 Å². The van der Waals surface area contributed by atoms with E-state index < -0.39 is 0 Å². The lowest BCUT2D eigenvalue weighted by atomic mass is 10.0. The van der Waals surface area contributed by atoms with E-state index in [0.717, 1.165) is 0 Å². The maximum atomic E-state index is 13.5. The fraction of sp³-hybridized carbons (Fsp3) is 0.0833. The first-order chi connectivity index (χ1) is 8.54. The van der Waals surface area contributed by atoms with Gasteiger partial charge in [-0.2, -0.15) is 10.2 Å². The van der Waals surface area contributed by atoms with E-state index in [0.29, 0.717) is 11.1 Å². The Hall–Kier alpha value is -2.68. The minimum Gasteiger partial charge on any atom is -0.382 e. The molecule has 18 heavy (non-hydrogen) atoms. The molecule has 90 valence electrons. The summed E-state index contributed by atoms with van der Waals surface area (Å²) in [7, 11) is 0. The summed E-state index contributed by atoms with van der Waals surface area (Å²) in [6, 6.07) is 6.43. The summed E-state index contributed by atoms with van der Waals surface area (Å²) in [4.78, 5) is 7.69. The number of rotatable bonds is 1. The van der Waals surface area contributed by atoms with Crippen molar-refractivity contribution in [3.63, 3.8) is 0 Å². The Balaban J connectivity index is 2.79. The van der Waals surface area contributed by atoms with Gasteiger partial charge in [-0.1, -0.05) is 12.1 Å². The zero-order valence-electron chi connectivity index (χ0n) is 9.61. The lowest BCUT2D eigenvalue weighted by Crippen LogP contribution is -2.05. The molecule has 5 nitrogen and oxygen atoms in total. The molecule has 0 unspecified atom stereocenters. The monoisotopic (exact) mass is 243 g/mol. The van der Waals surface area contributed by atoms with Crippen LogP contribution in [0.15, 0.2) is 18.2 Å². The van der Waals surface area contributed by atoms with Crippen molar-refractivity contribution in [2.75, 3.05) is 11.5 Å². The van der Waals surface area contributed by atoms with E-state index in [4.69, 9.17) is 16.7 Å². The number of anilines is 2. The van der Waals surface area contributed by atoms with Gasteiger partial charge in [0.25, 0.3) is 0 Å². The molecule has 0 radical (unpaired) electrons. The third-order valence-corrected chi connectivity index (χ3v) is 2.59. The van der Waals surface area contributed by atoms with Crippen LogP contribution in [0.25, 0.3) is 11.3 Å². The fourth-order valence-electron chi connectivity index (χ4n) is 1.67. The van der Waals surface area contributed by atoms with E-state index in [1.165, 1.54) is 12.1 Å². The molecular formula is C12H10FN5. The Morgan fingerprint density at radius 3 is 2.67 bits per heavy atom. The number of benzene rings is 1. The number of hydrogen-bond donors (Lipinski definition) is 2. The Bertz CT molecular complexity index is 660. The van der Waals surface area contributed by atoms with E-state index in [9.17, 15) is 4.39 Å². The Labute approximate surface area is 103 Å². The third-order valence-electron chi connectivity index (χ3n) is 2.59. The van der Waals surface area contributed by atoms with Crippen molar-refractivity contribution in [1.29, 1.82) is 5.26 Å². The average Bonchev–Trinajstić information content (AvgIpc) is 2.32. The molecule has 4 N–H and O–H groups in total. The van der Waals surface area contributed by atoms with Crippen LogP contribution in [0.5, 0.6) is 0 Å². The quantitative estimate of drug-likeness (QED) is 0.792. The summed E-state index contributed by atoms with van der Waals surface area (Å²) in [6.07, 6.45) is 0. The van der Waals surface area contributed by atoms with Crippen LogP contribution in [0.1, 0.15) is 11.1 Å². The van der Waals surface area contributed by atoms with Gasteiger partial charge in [-0.25, -0.2) is 9.37 Å². The molecule has 1 heterocycles. The van der Waals surface area contributed by atoms with Crippen LogP contribution in [0, 0.1) is 24.1 Å². The highest BCUT2D eigenvalue weighted by molar-refractivity contribution is 5.75. The summed E-state index contributed by atoms with van der Waals surface area (Å²) in [5.74, 6) is -0.444. The second-order valence-corrected chi connectivity index (χ2v) is 3.71. The Morgan fingerprint density at radius 1 is 1.28 bits per heavy atom.